The van der Waals surface area contributed by atoms with Crippen LogP contribution in [0.3, 0.4) is 0 Å². The molecular formula is C20H20FN3O4. The lowest BCUT2D eigenvalue weighted by Gasteiger charge is -2.20. The Balaban J connectivity index is 1.49. The van der Waals surface area contributed by atoms with Gasteiger partial charge < -0.3 is 24.1 Å². The highest BCUT2D eigenvalue weighted by molar-refractivity contribution is 6.00. The zero-order valence-corrected chi connectivity index (χ0v) is 15.6. The van der Waals surface area contributed by atoms with E-state index in [0.29, 0.717) is 42.1 Å². The van der Waals surface area contributed by atoms with Crippen LogP contribution < -0.4 is 14.8 Å². The van der Waals surface area contributed by atoms with Crippen LogP contribution in [0.15, 0.2) is 40.8 Å². The van der Waals surface area contributed by atoms with Crippen molar-refractivity contribution in [2.75, 3.05) is 32.6 Å². The van der Waals surface area contributed by atoms with Crippen molar-refractivity contribution in [2.45, 2.75) is 12.5 Å². The van der Waals surface area contributed by atoms with E-state index in [1.165, 1.54) is 20.3 Å². The number of likely N-dealkylation sites (tertiary alicyclic amines) is 1. The molecule has 0 bridgehead atoms. The Bertz CT molecular complexity index is 998. The maximum absolute atomic E-state index is 13.8. The summed E-state index contributed by atoms with van der Waals surface area (Å²) in [4.78, 5) is 19.0. The van der Waals surface area contributed by atoms with Gasteiger partial charge in [0.05, 0.1) is 14.2 Å². The Morgan fingerprint density at radius 3 is 2.61 bits per heavy atom. The SMILES string of the molecule is COc1cccc(OC)c1C(=O)N1CCC(Nc2nc3cccc(F)c3o2)C1. The van der Waals surface area contributed by atoms with Gasteiger partial charge >= 0.3 is 0 Å². The van der Waals surface area contributed by atoms with Gasteiger partial charge in [0.2, 0.25) is 0 Å². The summed E-state index contributed by atoms with van der Waals surface area (Å²) in [6.07, 6.45) is 0.713. The summed E-state index contributed by atoms with van der Waals surface area (Å²) in [5, 5.41) is 3.15. The fraction of sp³-hybridized carbons (Fsp3) is 0.300. The summed E-state index contributed by atoms with van der Waals surface area (Å²) in [5.74, 6) is 0.317. The molecule has 4 rings (SSSR count). The van der Waals surface area contributed by atoms with E-state index in [9.17, 15) is 9.18 Å². The van der Waals surface area contributed by atoms with Gasteiger partial charge in [0.15, 0.2) is 11.4 Å². The molecule has 0 aliphatic carbocycles. The molecule has 0 radical (unpaired) electrons. The Kier molecular flexibility index (Phi) is 4.77. The van der Waals surface area contributed by atoms with Crippen LogP contribution in [0.1, 0.15) is 16.8 Å². The number of oxazole rings is 1. The lowest BCUT2D eigenvalue weighted by Crippen LogP contribution is -2.32. The molecule has 0 spiro atoms. The first kappa shape index (κ1) is 18.1. The van der Waals surface area contributed by atoms with Crippen LogP contribution in [0, 0.1) is 5.82 Å². The molecule has 1 saturated heterocycles. The molecule has 0 saturated carbocycles. The number of carbonyl (C=O) groups is 1. The molecule has 7 nitrogen and oxygen atoms in total. The van der Waals surface area contributed by atoms with Crippen LogP contribution in [0.25, 0.3) is 11.1 Å². The number of halogens is 1. The summed E-state index contributed by atoms with van der Waals surface area (Å²) < 4.78 is 29.9. The zero-order valence-electron chi connectivity index (χ0n) is 15.6. The van der Waals surface area contributed by atoms with Crippen molar-refractivity contribution < 1.29 is 23.1 Å². The zero-order chi connectivity index (χ0) is 19.7. The van der Waals surface area contributed by atoms with Gasteiger partial charge in [-0.3, -0.25) is 4.79 Å². The van der Waals surface area contributed by atoms with E-state index in [-0.39, 0.29) is 23.5 Å². The first-order valence-corrected chi connectivity index (χ1v) is 8.92. The molecule has 1 fully saturated rings. The third-order valence-corrected chi connectivity index (χ3v) is 4.81. The highest BCUT2D eigenvalue weighted by Crippen LogP contribution is 2.31. The van der Waals surface area contributed by atoms with E-state index in [1.54, 1.807) is 35.2 Å². The molecule has 1 amide bonds. The maximum atomic E-state index is 13.8. The standard InChI is InChI=1S/C20H20FN3O4/c1-26-15-7-4-8-16(27-2)17(15)19(25)24-10-9-12(11-24)22-20-23-14-6-3-5-13(21)18(14)28-20/h3-8,12H,9-11H2,1-2H3,(H,22,23). The van der Waals surface area contributed by atoms with Crippen molar-refractivity contribution in [1.82, 2.24) is 9.88 Å². The number of nitrogens with one attached hydrogen (secondary N) is 1. The molecule has 1 atom stereocenters. The van der Waals surface area contributed by atoms with E-state index < -0.39 is 5.82 Å². The van der Waals surface area contributed by atoms with E-state index in [2.05, 4.69) is 10.3 Å². The number of para-hydroxylation sites is 1. The number of fused-ring (bicyclic) bond motifs is 1. The molecular weight excluding hydrogens is 365 g/mol. The average molecular weight is 385 g/mol. The second kappa shape index (κ2) is 7.38. The normalized spacial score (nSPS) is 16.4. The summed E-state index contributed by atoms with van der Waals surface area (Å²) in [6, 6.07) is 10.0. The van der Waals surface area contributed by atoms with Gasteiger partial charge in [-0.05, 0) is 30.7 Å². The molecule has 2 heterocycles. The highest BCUT2D eigenvalue weighted by atomic mass is 19.1. The van der Waals surface area contributed by atoms with Gasteiger partial charge in [-0.2, -0.15) is 4.98 Å². The summed E-state index contributed by atoms with van der Waals surface area (Å²) in [5.41, 5.74) is 0.971. The second-order valence-corrected chi connectivity index (χ2v) is 6.53. The lowest BCUT2D eigenvalue weighted by molar-refractivity contribution is 0.0784. The molecule has 1 N–H and O–H groups in total. The minimum Gasteiger partial charge on any atom is -0.496 e. The highest BCUT2D eigenvalue weighted by Gasteiger charge is 2.31. The molecule has 8 heteroatoms. The van der Waals surface area contributed by atoms with Crippen molar-refractivity contribution in [2.24, 2.45) is 0 Å². The molecule has 2 aromatic carbocycles. The number of aromatic nitrogens is 1. The van der Waals surface area contributed by atoms with Crippen LogP contribution >= 0.6 is 0 Å². The fourth-order valence-electron chi connectivity index (χ4n) is 3.43. The number of carbonyl (C=O) groups excluding carboxylic acids is 1. The fourth-order valence-corrected chi connectivity index (χ4v) is 3.43. The molecule has 28 heavy (non-hydrogen) atoms. The van der Waals surface area contributed by atoms with Gasteiger partial charge in [-0.25, -0.2) is 4.39 Å². The minimum absolute atomic E-state index is 0.0548. The van der Waals surface area contributed by atoms with Gasteiger partial charge in [0.25, 0.3) is 11.9 Å². The second-order valence-electron chi connectivity index (χ2n) is 6.53. The first-order valence-electron chi connectivity index (χ1n) is 8.92. The van der Waals surface area contributed by atoms with Gasteiger partial charge in [-0.15, -0.1) is 0 Å². The van der Waals surface area contributed by atoms with E-state index in [1.807, 2.05) is 0 Å². The van der Waals surface area contributed by atoms with Crippen LogP contribution in [0.2, 0.25) is 0 Å². The van der Waals surface area contributed by atoms with Crippen molar-refractivity contribution in [3.63, 3.8) is 0 Å². The summed E-state index contributed by atoms with van der Waals surface area (Å²) in [6.45, 7) is 1.02. The van der Waals surface area contributed by atoms with E-state index in [0.717, 1.165) is 0 Å². The van der Waals surface area contributed by atoms with Crippen LogP contribution in [-0.4, -0.2) is 49.1 Å². The third kappa shape index (κ3) is 3.21. The summed E-state index contributed by atoms with van der Waals surface area (Å²) >= 11 is 0. The molecule has 1 aliphatic heterocycles. The van der Waals surface area contributed by atoms with Crippen molar-refractivity contribution >= 4 is 23.0 Å². The Morgan fingerprint density at radius 1 is 1.21 bits per heavy atom. The van der Waals surface area contributed by atoms with Crippen LogP contribution in [0.4, 0.5) is 10.4 Å². The quantitative estimate of drug-likeness (QED) is 0.726. The minimum atomic E-state index is -0.454. The van der Waals surface area contributed by atoms with E-state index in [4.69, 9.17) is 13.9 Å². The average Bonchev–Trinajstić information content (AvgIpc) is 3.34. The third-order valence-electron chi connectivity index (χ3n) is 4.81. The molecule has 3 aromatic rings. The first-order chi connectivity index (χ1) is 13.6. The molecule has 1 unspecified atom stereocenters. The van der Waals surface area contributed by atoms with Crippen molar-refractivity contribution in [3.8, 4) is 11.5 Å². The number of anilines is 1. The Morgan fingerprint density at radius 2 is 1.93 bits per heavy atom. The predicted molar refractivity (Wildman–Crippen MR) is 101 cm³/mol. The number of benzene rings is 2. The smallest absolute Gasteiger partial charge is 0.296 e. The Hall–Kier alpha value is -3.29. The van der Waals surface area contributed by atoms with Crippen LogP contribution in [-0.2, 0) is 0 Å². The van der Waals surface area contributed by atoms with E-state index >= 15 is 0 Å². The number of rotatable bonds is 5. The molecule has 1 aliphatic rings. The van der Waals surface area contributed by atoms with Crippen molar-refractivity contribution in [3.05, 3.63) is 47.8 Å². The maximum Gasteiger partial charge on any atom is 0.296 e. The molecule has 146 valence electrons. The molecule has 1 aromatic heterocycles. The van der Waals surface area contributed by atoms with Gasteiger partial charge in [0, 0.05) is 19.1 Å². The van der Waals surface area contributed by atoms with Gasteiger partial charge in [0.1, 0.15) is 22.6 Å². The Labute approximate surface area is 161 Å². The lowest BCUT2D eigenvalue weighted by atomic mass is 10.1. The van der Waals surface area contributed by atoms with Crippen molar-refractivity contribution in [1.29, 1.82) is 0 Å². The largest absolute Gasteiger partial charge is 0.496 e. The number of nitrogens with zero attached hydrogens (tertiary/aromatic N) is 2. The number of amides is 1. The topological polar surface area (TPSA) is 76.8 Å². The summed E-state index contributed by atoms with van der Waals surface area (Å²) in [7, 11) is 3.04. The monoisotopic (exact) mass is 385 g/mol. The number of hydrogen-bond acceptors (Lipinski definition) is 6. The van der Waals surface area contributed by atoms with Crippen LogP contribution in [0.5, 0.6) is 11.5 Å². The number of methoxy groups -OCH3 is 2. The number of ether oxygens (including phenoxy) is 2. The predicted octanol–water partition coefficient (Wildman–Crippen LogP) is 3.31. The number of hydrogen-bond donors (Lipinski definition) is 1. The van der Waals surface area contributed by atoms with Gasteiger partial charge in [-0.1, -0.05) is 12.1 Å².